The van der Waals surface area contributed by atoms with E-state index in [0.717, 1.165) is 25.7 Å². The molecule has 0 spiro atoms. The number of carbonyl (C=O) groups excluding carboxylic acids is 2. The van der Waals surface area contributed by atoms with Crippen LogP contribution in [0, 0.1) is 0 Å². The summed E-state index contributed by atoms with van der Waals surface area (Å²) in [4.78, 5) is 24.8. The highest BCUT2D eigenvalue weighted by atomic mass is 35.5. The third kappa shape index (κ3) is 6.26. The van der Waals surface area contributed by atoms with E-state index in [-0.39, 0.29) is 18.6 Å². The van der Waals surface area contributed by atoms with Gasteiger partial charge in [-0.2, -0.15) is 0 Å². The summed E-state index contributed by atoms with van der Waals surface area (Å²) in [6, 6.07) is 9.70. The molecule has 8 heteroatoms. The zero-order chi connectivity index (χ0) is 20.8. The first-order chi connectivity index (χ1) is 13.9. The fraction of sp³-hybridized carbons (Fsp3) is 0.333. The van der Waals surface area contributed by atoms with E-state index in [1.54, 1.807) is 30.3 Å². The van der Waals surface area contributed by atoms with E-state index in [9.17, 15) is 9.59 Å². The summed E-state index contributed by atoms with van der Waals surface area (Å²) in [5.74, 6) is -0.269. The summed E-state index contributed by atoms with van der Waals surface area (Å²) in [7, 11) is 0. The van der Waals surface area contributed by atoms with Crippen molar-refractivity contribution in [3.8, 4) is 5.75 Å². The molecule has 1 aliphatic carbocycles. The van der Waals surface area contributed by atoms with Crippen LogP contribution in [0.4, 0.5) is 5.69 Å². The van der Waals surface area contributed by atoms with Crippen LogP contribution in [0.2, 0.25) is 15.1 Å². The van der Waals surface area contributed by atoms with E-state index in [0.29, 0.717) is 32.1 Å². The molecule has 154 valence electrons. The van der Waals surface area contributed by atoms with Gasteiger partial charge in [0, 0.05) is 16.8 Å². The van der Waals surface area contributed by atoms with E-state index in [2.05, 4.69) is 10.6 Å². The summed E-state index contributed by atoms with van der Waals surface area (Å²) in [5.41, 5.74) is 0.788. The van der Waals surface area contributed by atoms with Gasteiger partial charge in [-0.15, -0.1) is 0 Å². The van der Waals surface area contributed by atoms with Crippen molar-refractivity contribution < 1.29 is 14.3 Å². The molecular formula is C21H21Cl3N2O3. The van der Waals surface area contributed by atoms with E-state index < -0.39 is 5.91 Å². The molecule has 0 saturated heterocycles. The molecule has 0 aliphatic heterocycles. The Morgan fingerprint density at radius 3 is 2.45 bits per heavy atom. The van der Waals surface area contributed by atoms with Crippen LogP contribution in [0.3, 0.4) is 0 Å². The Morgan fingerprint density at radius 2 is 1.72 bits per heavy atom. The van der Waals surface area contributed by atoms with Crippen LogP contribution in [0.1, 0.15) is 42.5 Å². The van der Waals surface area contributed by atoms with Gasteiger partial charge in [0.1, 0.15) is 5.75 Å². The third-order valence-electron chi connectivity index (χ3n) is 4.69. The predicted octanol–water partition coefficient (Wildman–Crippen LogP) is 5.73. The van der Waals surface area contributed by atoms with Gasteiger partial charge >= 0.3 is 0 Å². The Hall–Kier alpha value is -1.95. The number of halogens is 3. The fourth-order valence-corrected chi connectivity index (χ4v) is 3.89. The van der Waals surface area contributed by atoms with Crippen LogP contribution >= 0.6 is 34.8 Å². The molecule has 0 bridgehead atoms. The molecular weight excluding hydrogens is 435 g/mol. The lowest BCUT2D eigenvalue weighted by Gasteiger charge is -2.23. The summed E-state index contributed by atoms with van der Waals surface area (Å²) < 4.78 is 5.42. The van der Waals surface area contributed by atoms with Gasteiger partial charge in [-0.25, -0.2) is 0 Å². The molecule has 0 heterocycles. The minimum Gasteiger partial charge on any atom is -0.482 e. The summed E-state index contributed by atoms with van der Waals surface area (Å²) >= 11 is 18.1. The van der Waals surface area contributed by atoms with Gasteiger partial charge in [-0.1, -0.05) is 54.1 Å². The molecule has 1 aliphatic rings. The van der Waals surface area contributed by atoms with E-state index in [1.807, 2.05) is 0 Å². The Balaban J connectivity index is 1.59. The first kappa shape index (κ1) is 21.8. The Kier molecular flexibility index (Phi) is 7.64. The maximum absolute atomic E-state index is 12.6. The molecule has 1 fully saturated rings. The molecule has 2 aromatic carbocycles. The quantitative estimate of drug-likeness (QED) is 0.585. The number of amides is 2. The van der Waals surface area contributed by atoms with Crippen molar-refractivity contribution in [3.63, 3.8) is 0 Å². The molecule has 5 nitrogen and oxygen atoms in total. The first-order valence-electron chi connectivity index (χ1n) is 9.40. The maximum atomic E-state index is 12.6. The standard InChI is InChI=1S/C21H21Cl3N2O3/c22-13-6-9-19(18(24)10-13)29-12-20(27)25-15-7-8-17(23)16(11-15)21(28)26-14-4-2-1-3-5-14/h6-11,14H,1-5,12H2,(H,25,27)(H,26,28). The molecule has 0 atom stereocenters. The van der Waals surface area contributed by atoms with Gasteiger partial charge in [-0.3, -0.25) is 9.59 Å². The number of hydrogen-bond acceptors (Lipinski definition) is 3. The second kappa shape index (κ2) is 10.2. The van der Waals surface area contributed by atoms with Gasteiger partial charge in [0.2, 0.25) is 0 Å². The van der Waals surface area contributed by atoms with Crippen molar-refractivity contribution in [3.05, 3.63) is 57.0 Å². The monoisotopic (exact) mass is 454 g/mol. The minimum atomic E-state index is -0.392. The summed E-state index contributed by atoms with van der Waals surface area (Å²) in [6.45, 7) is -0.242. The fourth-order valence-electron chi connectivity index (χ4n) is 3.22. The molecule has 0 radical (unpaired) electrons. The number of benzene rings is 2. The molecule has 3 rings (SSSR count). The van der Waals surface area contributed by atoms with E-state index >= 15 is 0 Å². The first-order valence-corrected chi connectivity index (χ1v) is 10.5. The second-order valence-electron chi connectivity index (χ2n) is 6.91. The van der Waals surface area contributed by atoms with Crippen molar-refractivity contribution in [2.75, 3.05) is 11.9 Å². The Morgan fingerprint density at radius 1 is 0.966 bits per heavy atom. The number of ether oxygens (including phenoxy) is 1. The van der Waals surface area contributed by atoms with Crippen molar-refractivity contribution >= 4 is 52.3 Å². The van der Waals surface area contributed by atoms with E-state index in [1.165, 1.54) is 12.5 Å². The lowest BCUT2D eigenvalue weighted by molar-refractivity contribution is -0.118. The molecule has 2 N–H and O–H groups in total. The van der Waals surface area contributed by atoms with Crippen LogP contribution in [-0.4, -0.2) is 24.5 Å². The van der Waals surface area contributed by atoms with Gasteiger partial charge in [0.05, 0.1) is 15.6 Å². The Labute approximate surface area is 184 Å². The normalized spacial score (nSPS) is 14.3. The smallest absolute Gasteiger partial charge is 0.262 e. The highest BCUT2D eigenvalue weighted by Crippen LogP contribution is 2.27. The molecule has 2 amide bonds. The largest absolute Gasteiger partial charge is 0.482 e. The van der Waals surface area contributed by atoms with Crippen molar-refractivity contribution in [1.29, 1.82) is 0 Å². The number of rotatable bonds is 6. The summed E-state index contributed by atoms with van der Waals surface area (Å²) in [5, 5.41) is 6.86. The molecule has 1 saturated carbocycles. The van der Waals surface area contributed by atoms with Crippen LogP contribution in [0.15, 0.2) is 36.4 Å². The number of carbonyl (C=O) groups is 2. The molecule has 2 aromatic rings. The van der Waals surface area contributed by atoms with Crippen molar-refractivity contribution in [2.24, 2.45) is 0 Å². The van der Waals surface area contributed by atoms with Crippen LogP contribution < -0.4 is 15.4 Å². The lowest BCUT2D eigenvalue weighted by atomic mass is 9.95. The van der Waals surface area contributed by atoms with Crippen LogP contribution in [0.25, 0.3) is 0 Å². The van der Waals surface area contributed by atoms with Gasteiger partial charge < -0.3 is 15.4 Å². The van der Waals surface area contributed by atoms with Gasteiger partial charge in [0.25, 0.3) is 11.8 Å². The van der Waals surface area contributed by atoms with Crippen LogP contribution in [0.5, 0.6) is 5.75 Å². The second-order valence-corrected chi connectivity index (χ2v) is 8.17. The van der Waals surface area contributed by atoms with Crippen molar-refractivity contribution in [1.82, 2.24) is 5.32 Å². The van der Waals surface area contributed by atoms with Crippen LogP contribution in [-0.2, 0) is 4.79 Å². The molecule has 0 aromatic heterocycles. The predicted molar refractivity (Wildman–Crippen MR) is 116 cm³/mol. The highest BCUT2D eigenvalue weighted by Gasteiger charge is 2.19. The van der Waals surface area contributed by atoms with Gasteiger partial charge in [0.15, 0.2) is 6.61 Å². The Bertz CT molecular complexity index is 899. The summed E-state index contributed by atoms with van der Waals surface area (Å²) in [6.07, 6.45) is 5.39. The maximum Gasteiger partial charge on any atom is 0.262 e. The minimum absolute atomic E-state index is 0.170. The SMILES string of the molecule is O=C(COc1ccc(Cl)cc1Cl)Nc1ccc(Cl)c(C(=O)NC2CCCCC2)c1. The highest BCUT2D eigenvalue weighted by molar-refractivity contribution is 6.35. The molecule has 0 unspecified atom stereocenters. The number of nitrogens with one attached hydrogen (secondary N) is 2. The zero-order valence-corrected chi connectivity index (χ0v) is 17.9. The van der Waals surface area contributed by atoms with Gasteiger partial charge in [-0.05, 0) is 49.2 Å². The topological polar surface area (TPSA) is 67.4 Å². The van der Waals surface area contributed by atoms with E-state index in [4.69, 9.17) is 39.5 Å². The number of hydrogen-bond donors (Lipinski definition) is 2. The lowest BCUT2D eigenvalue weighted by Crippen LogP contribution is -2.36. The zero-order valence-electron chi connectivity index (χ0n) is 15.6. The average Bonchev–Trinajstić information content (AvgIpc) is 2.69. The average molecular weight is 456 g/mol. The van der Waals surface area contributed by atoms with Crippen molar-refractivity contribution in [2.45, 2.75) is 38.1 Å². The third-order valence-corrected chi connectivity index (χ3v) is 5.55. The molecule has 29 heavy (non-hydrogen) atoms. The number of anilines is 1.